The first-order valence-electron chi connectivity index (χ1n) is 4.99. The molecular formula is C12H13N3O. The fourth-order valence-electron chi connectivity index (χ4n) is 1.72. The van der Waals surface area contributed by atoms with Crippen molar-refractivity contribution < 1.29 is 4.52 Å². The van der Waals surface area contributed by atoms with Crippen molar-refractivity contribution in [3.05, 3.63) is 41.3 Å². The van der Waals surface area contributed by atoms with Crippen LogP contribution in [0, 0.1) is 13.8 Å². The zero-order valence-electron chi connectivity index (χ0n) is 9.27. The Morgan fingerprint density at radius 3 is 2.44 bits per heavy atom. The zero-order valence-corrected chi connectivity index (χ0v) is 9.27. The van der Waals surface area contributed by atoms with E-state index in [0.29, 0.717) is 0 Å². The fraction of sp³-hybridized carbons (Fsp3) is 0.167. The molecule has 1 heterocycles. The highest BCUT2D eigenvalue weighted by Gasteiger charge is 2.10. The van der Waals surface area contributed by atoms with E-state index in [1.54, 1.807) is 6.21 Å². The molecule has 82 valence electrons. The molecule has 0 saturated heterocycles. The number of benzene rings is 1. The number of nitrogens with two attached hydrogens (primary N) is 1. The van der Waals surface area contributed by atoms with Gasteiger partial charge in [-0.05, 0) is 25.0 Å². The van der Waals surface area contributed by atoms with Gasteiger partial charge in [0.2, 0.25) is 0 Å². The van der Waals surface area contributed by atoms with Gasteiger partial charge in [-0.15, -0.1) is 0 Å². The monoisotopic (exact) mass is 215 g/mol. The second-order valence-electron chi connectivity index (χ2n) is 3.60. The van der Waals surface area contributed by atoms with Crippen LogP contribution in [0.1, 0.15) is 17.0 Å². The van der Waals surface area contributed by atoms with Crippen molar-refractivity contribution in [1.29, 1.82) is 0 Å². The summed E-state index contributed by atoms with van der Waals surface area (Å²) >= 11 is 0. The van der Waals surface area contributed by atoms with Crippen LogP contribution in [0.15, 0.2) is 33.9 Å². The maximum absolute atomic E-state index is 5.13. The van der Waals surface area contributed by atoms with Gasteiger partial charge in [0.1, 0.15) is 5.76 Å². The first-order chi connectivity index (χ1) is 7.72. The summed E-state index contributed by atoms with van der Waals surface area (Å²) in [4.78, 5) is 0. The molecule has 0 saturated carbocycles. The van der Waals surface area contributed by atoms with E-state index in [0.717, 1.165) is 28.1 Å². The Labute approximate surface area is 93.8 Å². The summed E-state index contributed by atoms with van der Waals surface area (Å²) < 4.78 is 5.13. The lowest BCUT2D eigenvalue weighted by atomic mass is 10.0. The minimum Gasteiger partial charge on any atom is -0.361 e. The number of hydrazone groups is 1. The third kappa shape index (κ3) is 1.82. The molecule has 0 spiro atoms. The first kappa shape index (κ1) is 10.4. The van der Waals surface area contributed by atoms with Crippen molar-refractivity contribution in [2.75, 3.05) is 0 Å². The molecule has 2 aromatic rings. The van der Waals surface area contributed by atoms with Crippen LogP contribution in [0.4, 0.5) is 0 Å². The van der Waals surface area contributed by atoms with Crippen LogP contribution in [0.25, 0.3) is 11.1 Å². The Morgan fingerprint density at radius 1 is 1.25 bits per heavy atom. The van der Waals surface area contributed by atoms with Crippen molar-refractivity contribution in [3.8, 4) is 11.1 Å². The molecule has 0 radical (unpaired) electrons. The van der Waals surface area contributed by atoms with Crippen LogP contribution < -0.4 is 5.84 Å². The lowest BCUT2D eigenvalue weighted by Crippen LogP contribution is -1.87. The van der Waals surface area contributed by atoms with Crippen LogP contribution >= 0.6 is 0 Å². The average molecular weight is 215 g/mol. The molecule has 0 aliphatic heterocycles. The lowest BCUT2D eigenvalue weighted by Gasteiger charge is -2.00. The van der Waals surface area contributed by atoms with Crippen LogP contribution in [-0.2, 0) is 0 Å². The van der Waals surface area contributed by atoms with Gasteiger partial charge in [0.25, 0.3) is 0 Å². The Balaban J connectivity index is 2.42. The Morgan fingerprint density at radius 2 is 1.94 bits per heavy atom. The average Bonchev–Trinajstić information content (AvgIpc) is 2.61. The van der Waals surface area contributed by atoms with E-state index in [4.69, 9.17) is 10.4 Å². The number of nitrogens with zero attached hydrogens (tertiary/aromatic N) is 2. The minimum atomic E-state index is 0.831. The summed E-state index contributed by atoms with van der Waals surface area (Å²) in [5.41, 5.74) is 4.01. The summed E-state index contributed by atoms with van der Waals surface area (Å²) in [6.45, 7) is 3.84. The molecule has 0 aliphatic carbocycles. The van der Waals surface area contributed by atoms with Gasteiger partial charge < -0.3 is 10.4 Å². The van der Waals surface area contributed by atoms with Gasteiger partial charge in [0, 0.05) is 5.56 Å². The van der Waals surface area contributed by atoms with E-state index in [2.05, 4.69) is 10.3 Å². The molecule has 2 N–H and O–H groups in total. The molecule has 0 fully saturated rings. The molecule has 0 unspecified atom stereocenters. The lowest BCUT2D eigenvalue weighted by molar-refractivity contribution is 0.393. The van der Waals surface area contributed by atoms with Crippen LogP contribution in [-0.4, -0.2) is 11.4 Å². The number of aryl methyl sites for hydroxylation is 2. The quantitative estimate of drug-likeness (QED) is 0.474. The highest BCUT2D eigenvalue weighted by molar-refractivity contribution is 5.81. The number of hydrogen-bond donors (Lipinski definition) is 1. The van der Waals surface area contributed by atoms with Crippen molar-refractivity contribution in [3.63, 3.8) is 0 Å². The molecule has 1 aromatic heterocycles. The van der Waals surface area contributed by atoms with Gasteiger partial charge in [-0.2, -0.15) is 5.10 Å². The number of aromatic nitrogens is 1. The van der Waals surface area contributed by atoms with Gasteiger partial charge in [-0.1, -0.05) is 29.4 Å². The molecule has 0 amide bonds. The smallest absolute Gasteiger partial charge is 0.141 e. The van der Waals surface area contributed by atoms with Gasteiger partial charge in [-0.25, -0.2) is 0 Å². The maximum Gasteiger partial charge on any atom is 0.141 e. The highest BCUT2D eigenvalue weighted by Crippen LogP contribution is 2.26. The molecule has 2 rings (SSSR count). The molecule has 0 atom stereocenters. The van der Waals surface area contributed by atoms with Gasteiger partial charge in [-0.3, -0.25) is 0 Å². The summed E-state index contributed by atoms with van der Waals surface area (Å²) in [5, 5.41) is 7.41. The SMILES string of the molecule is Cc1noc(C)c1-c1ccc(C=NN)cc1. The predicted octanol–water partition coefficient (Wildman–Crippen LogP) is 2.25. The van der Waals surface area contributed by atoms with Gasteiger partial charge >= 0.3 is 0 Å². The van der Waals surface area contributed by atoms with Crippen LogP contribution in [0.5, 0.6) is 0 Å². The molecule has 1 aromatic carbocycles. The van der Waals surface area contributed by atoms with Gasteiger partial charge in [0.15, 0.2) is 0 Å². The molecule has 4 nitrogen and oxygen atoms in total. The van der Waals surface area contributed by atoms with E-state index in [9.17, 15) is 0 Å². The Kier molecular flexibility index (Phi) is 2.72. The predicted molar refractivity (Wildman–Crippen MR) is 63.2 cm³/mol. The van der Waals surface area contributed by atoms with E-state index < -0.39 is 0 Å². The van der Waals surface area contributed by atoms with E-state index in [1.165, 1.54) is 0 Å². The van der Waals surface area contributed by atoms with Crippen LogP contribution in [0.2, 0.25) is 0 Å². The number of rotatable bonds is 2. The fourth-order valence-corrected chi connectivity index (χ4v) is 1.72. The van der Waals surface area contributed by atoms with Crippen LogP contribution in [0.3, 0.4) is 0 Å². The summed E-state index contributed by atoms with van der Waals surface area (Å²) in [7, 11) is 0. The van der Waals surface area contributed by atoms with E-state index in [1.807, 2.05) is 38.1 Å². The topological polar surface area (TPSA) is 64.4 Å². The number of hydrogen-bond acceptors (Lipinski definition) is 4. The summed E-state index contributed by atoms with van der Waals surface area (Å²) in [5.74, 6) is 5.92. The normalized spacial score (nSPS) is 11.1. The summed E-state index contributed by atoms with van der Waals surface area (Å²) in [6.07, 6.45) is 1.61. The zero-order chi connectivity index (χ0) is 11.5. The highest BCUT2D eigenvalue weighted by atomic mass is 16.5. The largest absolute Gasteiger partial charge is 0.361 e. The van der Waals surface area contributed by atoms with E-state index in [-0.39, 0.29) is 0 Å². The molecule has 16 heavy (non-hydrogen) atoms. The minimum absolute atomic E-state index is 0.831. The standard InChI is InChI=1S/C12H13N3O/c1-8-12(9(2)16-15-8)11-5-3-10(4-6-11)7-14-13/h3-7H,13H2,1-2H3. The van der Waals surface area contributed by atoms with Crippen molar-refractivity contribution in [2.24, 2.45) is 10.9 Å². The molecule has 0 bridgehead atoms. The third-order valence-electron chi connectivity index (χ3n) is 2.46. The van der Waals surface area contributed by atoms with E-state index >= 15 is 0 Å². The Hall–Kier alpha value is -2.10. The first-order valence-corrected chi connectivity index (χ1v) is 4.99. The van der Waals surface area contributed by atoms with Crippen molar-refractivity contribution in [2.45, 2.75) is 13.8 Å². The molecule has 4 heteroatoms. The third-order valence-corrected chi connectivity index (χ3v) is 2.46. The van der Waals surface area contributed by atoms with Crippen molar-refractivity contribution in [1.82, 2.24) is 5.16 Å². The van der Waals surface area contributed by atoms with Crippen molar-refractivity contribution >= 4 is 6.21 Å². The molecule has 0 aliphatic rings. The Bertz CT molecular complexity index is 492. The second kappa shape index (κ2) is 4.18. The van der Waals surface area contributed by atoms with Gasteiger partial charge in [0.05, 0.1) is 11.9 Å². The summed E-state index contributed by atoms with van der Waals surface area (Å²) in [6, 6.07) is 7.92. The maximum atomic E-state index is 5.13. The second-order valence-corrected chi connectivity index (χ2v) is 3.60. The molecular weight excluding hydrogens is 202 g/mol.